The lowest BCUT2D eigenvalue weighted by atomic mass is 9.94. The van der Waals surface area contributed by atoms with E-state index in [1.54, 1.807) is 0 Å². The molecule has 1 unspecified atom stereocenters. The highest BCUT2D eigenvalue weighted by Gasteiger charge is 2.24. The highest BCUT2D eigenvalue weighted by molar-refractivity contribution is 6.42. The Bertz CT molecular complexity index is 687. The van der Waals surface area contributed by atoms with E-state index in [1.807, 2.05) is 12.1 Å². The highest BCUT2D eigenvalue weighted by atomic mass is 35.5. The first-order valence-corrected chi connectivity index (χ1v) is 9.28. The Labute approximate surface area is 154 Å². The number of benzene rings is 2. The van der Waals surface area contributed by atoms with Crippen LogP contribution >= 0.6 is 23.2 Å². The largest absolute Gasteiger partial charge is 0.315 e. The van der Waals surface area contributed by atoms with E-state index in [2.05, 4.69) is 48.3 Å². The summed E-state index contributed by atoms with van der Waals surface area (Å²) in [6.07, 6.45) is 1.16. The van der Waals surface area contributed by atoms with Gasteiger partial charge in [0.05, 0.1) is 16.1 Å². The monoisotopic (exact) mass is 362 g/mol. The molecule has 128 valence electrons. The van der Waals surface area contributed by atoms with Crippen molar-refractivity contribution in [3.05, 3.63) is 68.7 Å². The van der Waals surface area contributed by atoms with Crippen LogP contribution in [-0.2, 0) is 0 Å². The average Bonchev–Trinajstić information content (AvgIpc) is 2.79. The second kappa shape index (κ2) is 7.88. The molecule has 0 saturated carbocycles. The van der Waals surface area contributed by atoms with Gasteiger partial charge >= 0.3 is 0 Å². The minimum atomic E-state index is 0.207. The Morgan fingerprint density at radius 2 is 1.62 bits per heavy atom. The topological polar surface area (TPSA) is 15.3 Å². The van der Waals surface area contributed by atoms with Crippen LogP contribution < -0.4 is 5.32 Å². The summed E-state index contributed by atoms with van der Waals surface area (Å²) >= 11 is 12.5. The lowest BCUT2D eigenvalue weighted by molar-refractivity contribution is 0.241. The predicted molar refractivity (Wildman–Crippen MR) is 103 cm³/mol. The van der Waals surface area contributed by atoms with Crippen molar-refractivity contribution in [2.24, 2.45) is 0 Å². The molecule has 1 heterocycles. The minimum Gasteiger partial charge on any atom is -0.315 e. The van der Waals surface area contributed by atoms with Gasteiger partial charge in [0, 0.05) is 19.6 Å². The molecule has 1 aliphatic rings. The quantitative estimate of drug-likeness (QED) is 0.826. The fourth-order valence-electron chi connectivity index (χ4n) is 3.59. The second-order valence-corrected chi connectivity index (χ2v) is 7.45. The number of rotatable bonds is 3. The Hall–Kier alpha value is -1.06. The van der Waals surface area contributed by atoms with Gasteiger partial charge in [0.2, 0.25) is 0 Å². The molecule has 2 aromatic carbocycles. The molecule has 2 nitrogen and oxygen atoms in total. The maximum atomic E-state index is 6.32. The first kappa shape index (κ1) is 17.8. The molecule has 0 bridgehead atoms. The number of aryl methyl sites for hydroxylation is 2. The van der Waals surface area contributed by atoms with Crippen LogP contribution in [-0.4, -0.2) is 31.1 Å². The van der Waals surface area contributed by atoms with Gasteiger partial charge in [0.15, 0.2) is 0 Å². The van der Waals surface area contributed by atoms with Crippen molar-refractivity contribution in [3.8, 4) is 0 Å². The number of hydrogen-bond acceptors (Lipinski definition) is 2. The molecule has 1 saturated heterocycles. The van der Waals surface area contributed by atoms with Crippen LogP contribution in [0.4, 0.5) is 0 Å². The third kappa shape index (κ3) is 4.12. The van der Waals surface area contributed by atoms with E-state index in [1.165, 1.54) is 22.3 Å². The lowest BCUT2D eigenvalue weighted by Crippen LogP contribution is -2.33. The second-order valence-electron chi connectivity index (χ2n) is 6.64. The van der Waals surface area contributed by atoms with Crippen LogP contribution in [0.25, 0.3) is 0 Å². The van der Waals surface area contributed by atoms with Crippen LogP contribution in [0.1, 0.15) is 34.7 Å². The fourth-order valence-corrected chi connectivity index (χ4v) is 3.90. The zero-order valence-electron chi connectivity index (χ0n) is 14.3. The summed E-state index contributed by atoms with van der Waals surface area (Å²) in [6, 6.07) is 13.0. The van der Waals surface area contributed by atoms with Crippen molar-refractivity contribution in [2.45, 2.75) is 26.3 Å². The van der Waals surface area contributed by atoms with Crippen molar-refractivity contribution in [1.29, 1.82) is 0 Å². The third-order valence-corrected chi connectivity index (χ3v) is 5.30. The SMILES string of the molecule is Cc1cc(C)cc(C(c2ccc(Cl)c(Cl)c2)N2CCCNCC2)c1. The van der Waals surface area contributed by atoms with Crippen LogP contribution in [0, 0.1) is 13.8 Å². The lowest BCUT2D eigenvalue weighted by Gasteiger charge is -2.32. The Morgan fingerprint density at radius 3 is 2.33 bits per heavy atom. The zero-order valence-corrected chi connectivity index (χ0v) is 15.8. The van der Waals surface area contributed by atoms with Crippen LogP contribution in [0.15, 0.2) is 36.4 Å². The molecule has 3 rings (SSSR count). The van der Waals surface area contributed by atoms with Gasteiger partial charge in [-0.1, -0.05) is 58.6 Å². The Balaban J connectivity index is 2.06. The summed E-state index contributed by atoms with van der Waals surface area (Å²) in [6.45, 7) is 8.52. The van der Waals surface area contributed by atoms with Gasteiger partial charge in [-0.05, 0) is 50.1 Å². The molecule has 1 N–H and O–H groups in total. The van der Waals surface area contributed by atoms with E-state index in [-0.39, 0.29) is 6.04 Å². The van der Waals surface area contributed by atoms with Gasteiger partial charge in [0.25, 0.3) is 0 Å². The molecule has 0 aliphatic carbocycles. The standard InChI is InChI=1S/C20H24Cl2N2/c1-14-10-15(2)12-17(11-14)20(24-8-3-6-23-7-9-24)16-4-5-18(21)19(22)13-16/h4-5,10-13,20,23H,3,6-9H2,1-2H3. The van der Waals surface area contributed by atoms with E-state index in [9.17, 15) is 0 Å². The van der Waals surface area contributed by atoms with E-state index in [4.69, 9.17) is 23.2 Å². The molecule has 2 aromatic rings. The van der Waals surface area contributed by atoms with E-state index in [0.717, 1.165) is 32.6 Å². The van der Waals surface area contributed by atoms with Crippen molar-refractivity contribution in [3.63, 3.8) is 0 Å². The molecule has 0 radical (unpaired) electrons. The smallest absolute Gasteiger partial charge is 0.0602 e. The van der Waals surface area contributed by atoms with Crippen LogP contribution in [0.2, 0.25) is 10.0 Å². The maximum absolute atomic E-state index is 6.32. The molecule has 1 fully saturated rings. The highest BCUT2D eigenvalue weighted by Crippen LogP contribution is 2.34. The Morgan fingerprint density at radius 1 is 0.875 bits per heavy atom. The number of halogens is 2. The summed E-state index contributed by atoms with van der Waals surface area (Å²) in [4.78, 5) is 2.55. The summed E-state index contributed by atoms with van der Waals surface area (Å²) in [5, 5.41) is 4.72. The van der Waals surface area contributed by atoms with E-state index >= 15 is 0 Å². The number of hydrogen-bond donors (Lipinski definition) is 1. The van der Waals surface area contributed by atoms with Gasteiger partial charge in [-0.25, -0.2) is 0 Å². The van der Waals surface area contributed by atoms with Gasteiger partial charge < -0.3 is 5.32 Å². The average molecular weight is 363 g/mol. The van der Waals surface area contributed by atoms with E-state index in [0.29, 0.717) is 10.0 Å². The molecule has 24 heavy (non-hydrogen) atoms. The van der Waals surface area contributed by atoms with Crippen molar-refractivity contribution < 1.29 is 0 Å². The molecule has 4 heteroatoms. The molecule has 1 atom stereocenters. The molecular weight excluding hydrogens is 339 g/mol. The van der Waals surface area contributed by atoms with Gasteiger partial charge in [-0.15, -0.1) is 0 Å². The predicted octanol–water partition coefficient (Wildman–Crippen LogP) is 4.99. The third-order valence-electron chi connectivity index (χ3n) is 4.56. The van der Waals surface area contributed by atoms with Crippen LogP contribution in [0.3, 0.4) is 0 Å². The first-order valence-electron chi connectivity index (χ1n) is 8.52. The van der Waals surface area contributed by atoms with Crippen molar-refractivity contribution in [2.75, 3.05) is 26.2 Å². The molecule has 1 aliphatic heterocycles. The number of nitrogens with zero attached hydrogens (tertiary/aromatic N) is 1. The fraction of sp³-hybridized carbons (Fsp3) is 0.400. The van der Waals surface area contributed by atoms with Gasteiger partial charge in [0.1, 0.15) is 0 Å². The molecule has 0 amide bonds. The first-order chi connectivity index (χ1) is 11.5. The summed E-state index contributed by atoms with van der Waals surface area (Å²) in [5.41, 5.74) is 5.12. The normalized spacial score (nSPS) is 17.5. The van der Waals surface area contributed by atoms with Crippen molar-refractivity contribution in [1.82, 2.24) is 10.2 Å². The number of nitrogens with one attached hydrogen (secondary N) is 1. The zero-order chi connectivity index (χ0) is 17.1. The van der Waals surface area contributed by atoms with Crippen LogP contribution in [0.5, 0.6) is 0 Å². The molecular formula is C20H24Cl2N2. The molecule has 0 spiro atoms. The van der Waals surface area contributed by atoms with Crippen molar-refractivity contribution >= 4 is 23.2 Å². The van der Waals surface area contributed by atoms with E-state index < -0.39 is 0 Å². The summed E-state index contributed by atoms with van der Waals surface area (Å²) in [5.74, 6) is 0. The Kier molecular flexibility index (Phi) is 5.83. The van der Waals surface area contributed by atoms with Gasteiger partial charge in [-0.3, -0.25) is 4.90 Å². The summed E-state index contributed by atoms with van der Waals surface area (Å²) in [7, 11) is 0. The molecule has 0 aromatic heterocycles. The maximum Gasteiger partial charge on any atom is 0.0602 e. The minimum absolute atomic E-state index is 0.207. The van der Waals surface area contributed by atoms with Gasteiger partial charge in [-0.2, -0.15) is 0 Å². The summed E-state index contributed by atoms with van der Waals surface area (Å²) < 4.78 is 0.